The smallest absolute Gasteiger partial charge is 0.272 e. The van der Waals surface area contributed by atoms with E-state index in [4.69, 9.17) is 10.5 Å². The van der Waals surface area contributed by atoms with Gasteiger partial charge in [-0.25, -0.2) is 5.10 Å². The third kappa shape index (κ3) is 3.68. The number of aromatic nitrogens is 2. The molecule has 1 aromatic heterocycles. The van der Waals surface area contributed by atoms with E-state index in [1.54, 1.807) is 12.1 Å². The molecule has 2 aromatic rings. The fourth-order valence-electron chi connectivity index (χ4n) is 2.70. The summed E-state index contributed by atoms with van der Waals surface area (Å²) in [6.07, 6.45) is 0.596. The van der Waals surface area contributed by atoms with Crippen molar-refractivity contribution in [3.8, 4) is 5.75 Å². The molecule has 3 rings (SSSR count). The van der Waals surface area contributed by atoms with Crippen molar-refractivity contribution in [3.63, 3.8) is 0 Å². The molecule has 0 radical (unpaired) electrons. The van der Waals surface area contributed by atoms with E-state index in [2.05, 4.69) is 15.5 Å². The van der Waals surface area contributed by atoms with E-state index in [1.807, 2.05) is 19.9 Å². The van der Waals surface area contributed by atoms with Gasteiger partial charge in [-0.3, -0.25) is 9.59 Å². The van der Waals surface area contributed by atoms with Crippen LogP contribution in [0.4, 0.5) is 5.69 Å². The first kappa shape index (κ1) is 17.8. The molecule has 4 N–H and O–H groups in total. The van der Waals surface area contributed by atoms with Gasteiger partial charge in [-0.15, -0.1) is 12.4 Å². The van der Waals surface area contributed by atoms with Crippen molar-refractivity contribution in [2.75, 3.05) is 5.73 Å². The lowest BCUT2D eigenvalue weighted by Gasteiger charge is -2.38. The highest BCUT2D eigenvalue weighted by molar-refractivity contribution is 5.92. The lowest BCUT2D eigenvalue weighted by molar-refractivity contribution is 0.0618. The van der Waals surface area contributed by atoms with E-state index >= 15 is 0 Å². The number of halogens is 1. The van der Waals surface area contributed by atoms with Gasteiger partial charge in [-0.2, -0.15) is 5.10 Å². The summed E-state index contributed by atoms with van der Waals surface area (Å²) in [5.41, 5.74) is 6.67. The van der Waals surface area contributed by atoms with Gasteiger partial charge in [-0.05, 0) is 38.1 Å². The summed E-state index contributed by atoms with van der Waals surface area (Å²) in [6.45, 7) is 3.92. The number of ether oxygens (including phenoxy) is 1. The van der Waals surface area contributed by atoms with Crippen molar-refractivity contribution in [2.45, 2.75) is 31.9 Å². The van der Waals surface area contributed by atoms with E-state index in [0.29, 0.717) is 17.9 Å². The molecule has 2 heterocycles. The molecule has 1 unspecified atom stereocenters. The van der Waals surface area contributed by atoms with Gasteiger partial charge in [0.25, 0.3) is 11.5 Å². The van der Waals surface area contributed by atoms with Crippen LogP contribution in [-0.4, -0.2) is 21.7 Å². The Bertz CT molecular complexity index is 799. The molecule has 128 valence electrons. The largest absolute Gasteiger partial charge is 0.487 e. The molecule has 1 amide bonds. The maximum absolute atomic E-state index is 12.4. The predicted octanol–water partition coefficient (Wildman–Crippen LogP) is 1.81. The number of hydrogen-bond donors (Lipinski definition) is 3. The average Bonchev–Trinajstić information content (AvgIpc) is 2.48. The van der Waals surface area contributed by atoms with Crippen LogP contribution in [-0.2, 0) is 0 Å². The van der Waals surface area contributed by atoms with Gasteiger partial charge in [-0.1, -0.05) is 0 Å². The molecule has 0 bridgehead atoms. The zero-order chi connectivity index (χ0) is 16.6. The third-order valence-corrected chi connectivity index (χ3v) is 3.71. The number of hydrogen-bond acceptors (Lipinski definition) is 5. The molecule has 1 aromatic carbocycles. The Labute approximate surface area is 145 Å². The first-order chi connectivity index (χ1) is 10.8. The summed E-state index contributed by atoms with van der Waals surface area (Å²) in [6, 6.07) is 7.78. The molecule has 1 atom stereocenters. The maximum atomic E-state index is 12.4. The number of nitrogen functional groups attached to an aromatic ring is 1. The van der Waals surface area contributed by atoms with Crippen molar-refractivity contribution in [1.82, 2.24) is 15.5 Å². The molecule has 0 saturated heterocycles. The first-order valence-corrected chi connectivity index (χ1v) is 7.29. The molecule has 1 aliphatic heterocycles. The lowest BCUT2D eigenvalue weighted by Crippen LogP contribution is -2.41. The number of nitrogens with two attached hydrogens (primary N) is 1. The molecule has 0 fully saturated rings. The number of anilines is 1. The van der Waals surface area contributed by atoms with Crippen molar-refractivity contribution >= 4 is 24.0 Å². The monoisotopic (exact) mass is 350 g/mol. The number of nitrogens with zero attached hydrogens (tertiary/aromatic N) is 1. The van der Waals surface area contributed by atoms with Gasteiger partial charge >= 0.3 is 0 Å². The number of aromatic amines is 1. The van der Waals surface area contributed by atoms with Crippen molar-refractivity contribution in [3.05, 3.63) is 51.9 Å². The Morgan fingerprint density at radius 2 is 2.12 bits per heavy atom. The topological polar surface area (TPSA) is 110 Å². The number of H-pyrrole nitrogens is 1. The second-order valence-corrected chi connectivity index (χ2v) is 6.20. The highest BCUT2D eigenvalue weighted by Gasteiger charge is 2.34. The van der Waals surface area contributed by atoms with Crippen LogP contribution in [0.15, 0.2) is 35.1 Å². The fourth-order valence-corrected chi connectivity index (χ4v) is 2.70. The minimum Gasteiger partial charge on any atom is -0.487 e. The number of fused-ring (bicyclic) bond motifs is 1. The quantitative estimate of drug-likeness (QED) is 0.715. The van der Waals surface area contributed by atoms with Crippen LogP contribution >= 0.6 is 12.4 Å². The fraction of sp³-hybridized carbons (Fsp3) is 0.312. The second kappa shape index (κ2) is 6.52. The van der Waals surface area contributed by atoms with Gasteiger partial charge in [0.05, 0.1) is 6.04 Å². The Balaban J connectivity index is 0.00000208. The van der Waals surface area contributed by atoms with E-state index in [9.17, 15) is 9.59 Å². The third-order valence-electron chi connectivity index (χ3n) is 3.71. The van der Waals surface area contributed by atoms with E-state index in [-0.39, 0.29) is 35.6 Å². The predicted molar refractivity (Wildman–Crippen MR) is 92.5 cm³/mol. The Morgan fingerprint density at radius 3 is 2.79 bits per heavy atom. The lowest BCUT2D eigenvalue weighted by atomic mass is 9.89. The number of amides is 1. The molecule has 0 aliphatic carbocycles. The highest BCUT2D eigenvalue weighted by atomic mass is 35.5. The zero-order valence-corrected chi connectivity index (χ0v) is 14.1. The highest BCUT2D eigenvalue weighted by Crippen LogP contribution is 2.40. The van der Waals surface area contributed by atoms with Crippen LogP contribution in [0.5, 0.6) is 5.75 Å². The summed E-state index contributed by atoms with van der Waals surface area (Å²) in [7, 11) is 0. The summed E-state index contributed by atoms with van der Waals surface area (Å²) in [5.74, 6) is 0.340. The molecule has 7 nitrogen and oxygen atoms in total. The van der Waals surface area contributed by atoms with Crippen LogP contribution in [0.25, 0.3) is 0 Å². The first-order valence-electron chi connectivity index (χ1n) is 7.29. The normalized spacial score (nSPS) is 17.8. The number of carbonyl (C=O) groups is 1. The Hall–Kier alpha value is -2.54. The van der Waals surface area contributed by atoms with Crippen LogP contribution in [0.3, 0.4) is 0 Å². The maximum Gasteiger partial charge on any atom is 0.272 e. The number of benzene rings is 1. The molecule has 1 aliphatic rings. The summed E-state index contributed by atoms with van der Waals surface area (Å²) in [5, 5.41) is 8.93. The van der Waals surface area contributed by atoms with Gasteiger partial charge in [0.15, 0.2) is 0 Å². The molecule has 0 saturated carbocycles. The number of rotatable bonds is 2. The summed E-state index contributed by atoms with van der Waals surface area (Å²) in [4.78, 5) is 23.4. The standard InChI is InChI=1S/C16H18N4O3.ClH/c1-16(2)8-12(10-7-9(17)3-5-13(10)23-16)18-15(22)11-4-6-14(21)20-19-11;/h3-7,12H,8,17H2,1-2H3,(H,18,22)(H,20,21);1H. The van der Waals surface area contributed by atoms with Crippen LogP contribution in [0.2, 0.25) is 0 Å². The van der Waals surface area contributed by atoms with E-state index in [1.165, 1.54) is 12.1 Å². The van der Waals surface area contributed by atoms with Crippen LogP contribution in [0, 0.1) is 0 Å². The minimum absolute atomic E-state index is 0. The molecular formula is C16H19ClN4O3. The molecular weight excluding hydrogens is 332 g/mol. The van der Waals surface area contributed by atoms with Crippen LogP contribution < -0.4 is 21.3 Å². The van der Waals surface area contributed by atoms with Crippen molar-refractivity contribution in [1.29, 1.82) is 0 Å². The SMILES string of the molecule is CC1(C)CC(NC(=O)c2ccc(=O)[nH]n2)c2cc(N)ccc2O1.Cl. The van der Waals surface area contributed by atoms with Gasteiger partial charge in [0, 0.05) is 23.7 Å². The second-order valence-electron chi connectivity index (χ2n) is 6.20. The average molecular weight is 351 g/mol. The minimum atomic E-state index is -0.417. The van der Waals surface area contributed by atoms with E-state index < -0.39 is 5.60 Å². The molecule has 24 heavy (non-hydrogen) atoms. The Morgan fingerprint density at radius 1 is 1.38 bits per heavy atom. The Kier molecular flexibility index (Phi) is 4.84. The van der Waals surface area contributed by atoms with Crippen LogP contribution in [0.1, 0.15) is 42.4 Å². The van der Waals surface area contributed by atoms with E-state index in [0.717, 1.165) is 5.56 Å². The number of carbonyl (C=O) groups excluding carboxylic acids is 1. The number of nitrogens with one attached hydrogen (secondary N) is 2. The van der Waals surface area contributed by atoms with Gasteiger partial charge < -0.3 is 15.8 Å². The van der Waals surface area contributed by atoms with Crippen molar-refractivity contribution in [2.24, 2.45) is 0 Å². The summed E-state index contributed by atoms with van der Waals surface area (Å²) >= 11 is 0. The molecule has 0 spiro atoms. The van der Waals surface area contributed by atoms with Gasteiger partial charge in [0.1, 0.15) is 17.0 Å². The summed E-state index contributed by atoms with van der Waals surface area (Å²) < 4.78 is 5.94. The van der Waals surface area contributed by atoms with Crippen molar-refractivity contribution < 1.29 is 9.53 Å². The molecule has 8 heteroatoms. The zero-order valence-electron chi connectivity index (χ0n) is 13.3. The van der Waals surface area contributed by atoms with Gasteiger partial charge in [0.2, 0.25) is 0 Å².